The van der Waals surface area contributed by atoms with Gasteiger partial charge in [-0.2, -0.15) is 0 Å². The van der Waals surface area contributed by atoms with E-state index in [1.54, 1.807) is 6.92 Å². The molecule has 0 aliphatic carbocycles. The third-order valence-corrected chi connectivity index (χ3v) is 1.98. The second-order valence-corrected chi connectivity index (χ2v) is 4.62. The van der Waals surface area contributed by atoms with Crippen molar-refractivity contribution >= 4 is 5.91 Å². The first-order valence-corrected chi connectivity index (χ1v) is 5.13. The maximum atomic E-state index is 11.9. The fraction of sp³-hybridized carbons (Fsp3) is 0.636. The molecule has 0 saturated heterocycles. The van der Waals surface area contributed by atoms with Crippen LogP contribution < -0.4 is 5.32 Å². The third-order valence-electron chi connectivity index (χ3n) is 1.98. The van der Waals surface area contributed by atoms with Gasteiger partial charge in [-0.25, -0.2) is 0 Å². The van der Waals surface area contributed by atoms with E-state index in [9.17, 15) is 4.79 Å². The highest BCUT2D eigenvalue weighted by molar-refractivity contribution is 5.96. The fourth-order valence-corrected chi connectivity index (χ4v) is 1.35. The van der Waals surface area contributed by atoms with Gasteiger partial charge in [-0.1, -0.05) is 12.1 Å². The molecule has 1 aromatic rings. The Morgan fingerprint density at radius 1 is 1.47 bits per heavy atom. The van der Waals surface area contributed by atoms with Gasteiger partial charge in [0.2, 0.25) is 0 Å². The smallest absolute Gasteiger partial charge is 0.257 e. The summed E-state index contributed by atoms with van der Waals surface area (Å²) in [5, 5.41) is 6.75. The summed E-state index contributed by atoms with van der Waals surface area (Å²) >= 11 is 0. The second-order valence-electron chi connectivity index (χ2n) is 4.62. The minimum Gasteiger partial charge on any atom is -0.361 e. The summed E-state index contributed by atoms with van der Waals surface area (Å²) in [7, 11) is 0. The maximum absolute atomic E-state index is 11.9. The van der Waals surface area contributed by atoms with Crippen molar-refractivity contribution in [3.63, 3.8) is 0 Å². The SMILES string of the molecule is CCc1noc(C)c1C(=O)NC(C)(C)C. The molecule has 0 atom stereocenters. The number of nitrogens with one attached hydrogen (secondary N) is 1. The zero-order valence-electron chi connectivity index (χ0n) is 9.97. The molecule has 4 heteroatoms. The summed E-state index contributed by atoms with van der Waals surface area (Å²) in [6.45, 7) is 9.53. The van der Waals surface area contributed by atoms with Crippen LogP contribution in [0.2, 0.25) is 0 Å². The van der Waals surface area contributed by atoms with E-state index in [0.29, 0.717) is 23.4 Å². The molecule has 84 valence electrons. The third kappa shape index (κ3) is 2.81. The zero-order valence-corrected chi connectivity index (χ0v) is 9.97. The first-order chi connectivity index (χ1) is 6.85. The highest BCUT2D eigenvalue weighted by atomic mass is 16.5. The Morgan fingerprint density at radius 2 is 2.07 bits per heavy atom. The van der Waals surface area contributed by atoms with Crippen LogP contribution in [0.5, 0.6) is 0 Å². The molecular formula is C11H18N2O2. The molecule has 0 radical (unpaired) electrons. The molecule has 1 amide bonds. The number of aromatic nitrogens is 1. The van der Waals surface area contributed by atoms with Gasteiger partial charge >= 0.3 is 0 Å². The molecule has 0 bridgehead atoms. The average Bonchev–Trinajstić information content (AvgIpc) is 2.43. The van der Waals surface area contributed by atoms with Crippen molar-refractivity contribution in [1.29, 1.82) is 0 Å². The molecule has 0 aliphatic heterocycles. The number of carbonyl (C=O) groups is 1. The number of hydrogen-bond acceptors (Lipinski definition) is 3. The number of aryl methyl sites for hydroxylation is 2. The van der Waals surface area contributed by atoms with Crippen LogP contribution in [0.1, 0.15) is 49.5 Å². The summed E-state index contributed by atoms with van der Waals surface area (Å²) in [5.74, 6) is 0.465. The monoisotopic (exact) mass is 210 g/mol. The first kappa shape index (κ1) is 11.8. The van der Waals surface area contributed by atoms with E-state index in [4.69, 9.17) is 4.52 Å². The summed E-state index contributed by atoms with van der Waals surface area (Å²) in [6.07, 6.45) is 0.699. The van der Waals surface area contributed by atoms with Crippen molar-refractivity contribution in [2.45, 2.75) is 46.6 Å². The quantitative estimate of drug-likeness (QED) is 0.813. The van der Waals surface area contributed by atoms with Crippen LogP contribution >= 0.6 is 0 Å². The highest BCUT2D eigenvalue weighted by Gasteiger charge is 2.22. The number of carbonyl (C=O) groups excluding carboxylic acids is 1. The van der Waals surface area contributed by atoms with Crippen molar-refractivity contribution in [1.82, 2.24) is 10.5 Å². The van der Waals surface area contributed by atoms with Crippen LogP contribution in [0, 0.1) is 6.92 Å². The lowest BCUT2D eigenvalue weighted by molar-refractivity contribution is 0.0917. The lowest BCUT2D eigenvalue weighted by atomic mass is 10.1. The Hall–Kier alpha value is -1.32. The molecular weight excluding hydrogens is 192 g/mol. The van der Waals surface area contributed by atoms with E-state index in [0.717, 1.165) is 0 Å². The van der Waals surface area contributed by atoms with Gasteiger partial charge in [0, 0.05) is 5.54 Å². The van der Waals surface area contributed by atoms with Crippen molar-refractivity contribution in [2.75, 3.05) is 0 Å². The molecule has 0 aromatic carbocycles. The largest absolute Gasteiger partial charge is 0.361 e. The number of amides is 1. The number of hydrogen-bond donors (Lipinski definition) is 1. The molecule has 0 fully saturated rings. The van der Waals surface area contributed by atoms with Crippen LogP contribution in [-0.4, -0.2) is 16.6 Å². The van der Waals surface area contributed by atoms with Gasteiger partial charge in [0.05, 0.1) is 5.69 Å². The lowest BCUT2D eigenvalue weighted by Crippen LogP contribution is -2.41. The standard InChI is InChI=1S/C11H18N2O2/c1-6-8-9(7(2)15-13-8)10(14)12-11(3,4)5/h6H2,1-5H3,(H,12,14). The molecule has 15 heavy (non-hydrogen) atoms. The van der Waals surface area contributed by atoms with Crippen LogP contribution in [0.25, 0.3) is 0 Å². The van der Waals surface area contributed by atoms with Gasteiger partial charge in [0.25, 0.3) is 5.91 Å². The minimum absolute atomic E-state index is 0.113. The van der Waals surface area contributed by atoms with Crippen LogP contribution in [0.3, 0.4) is 0 Å². The van der Waals surface area contributed by atoms with E-state index >= 15 is 0 Å². The van der Waals surface area contributed by atoms with E-state index < -0.39 is 0 Å². The predicted octanol–water partition coefficient (Wildman–Crippen LogP) is 2.07. The average molecular weight is 210 g/mol. The molecule has 1 heterocycles. The predicted molar refractivity (Wildman–Crippen MR) is 57.8 cm³/mol. The van der Waals surface area contributed by atoms with E-state index in [-0.39, 0.29) is 11.4 Å². The first-order valence-electron chi connectivity index (χ1n) is 5.13. The molecule has 0 spiro atoms. The molecule has 0 aliphatic rings. The lowest BCUT2D eigenvalue weighted by Gasteiger charge is -2.20. The number of rotatable bonds is 2. The molecule has 0 saturated carbocycles. The van der Waals surface area contributed by atoms with Crippen molar-refractivity contribution in [2.24, 2.45) is 0 Å². The number of nitrogens with zero attached hydrogens (tertiary/aromatic N) is 1. The Kier molecular flexibility index (Phi) is 3.17. The normalized spacial score (nSPS) is 11.5. The van der Waals surface area contributed by atoms with Gasteiger partial charge in [0.15, 0.2) is 0 Å². The van der Waals surface area contributed by atoms with Crippen molar-refractivity contribution < 1.29 is 9.32 Å². The van der Waals surface area contributed by atoms with Crippen molar-refractivity contribution in [3.05, 3.63) is 17.0 Å². The topological polar surface area (TPSA) is 55.1 Å². The Labute approximate surface area is 90.0 Å². The summed E-state index contributed by atoms with van der Waals surface area (Å²) in [4.78, 5) is 11.9. The van der Waals surface area contributed by atoms with Crippen LogP contribution in [0.4, 0.5) is 0 Å². The van der Waals surface area contributed by atoms with Gasteiger partial charge in [-0.3, -0.25) is 4.79 Å². The van der Waals surface area contributed by atoms with Gasteiger partial charge in [0.1, 0.15) is 11.3 Å². The Morgan fingerprint density at radius 3 is 2.53 bits per heavy atom. The highest BCUT2D eigenvalue weighted by Crippen LogP contribution is 2.15. The summed E-state index contributed by atoms with van der Waals surface area (Å²) < 4.78 is 5.01. The van der Waals surface area contributed by atoms with Crippen molar-refractivity contribution in [3.8, 4) is 0 Å². The van der Waals surface area contributed by atoms with E-state index in [2.05, 4.69) is 10.5 Å². The fourth-order valence-electron chi connectivity index (χ4n) is 1.35. The zero-order chi connectivity index (χ0) is 11.6. The molecule has 1 N–H and O–H groups in total. The second kappa shape index (κ2) is 4.04. The molecule has 4 nitrogen and oxygen atoms in total. The van der Waals surface area contributed by atoms with Crippen LogP contribution in [-0.2, 0) is 6.42 Å². The maximum Gasteiger partial charge on any atom is 0.257 e. The molecule has 1 rings (SSSR count). The minimum atomic E-state index is -0.244. The molecule has 1 aromatic heterocycles. The van der Waals surface area contributed by atoms with Crippen LogP contribution in [0.15, 0.2) is 4.52 Å². The van der Waals surface area contributed by atoms with Gasteiger partial charge < -0.3 is 9.84 Å². The van der Waals surface area contributed by atoms with Gasteiger partial charge in [-0.05, 0) is 34.1 Å². The van der Waals surface area contributed by atoms with E-state index in [1.165, 1.54) is 0 Å². The summed E-state index contributed by atoms with van der Waals surface area (Å²) in [5.41, 5.74) is 1.05. The molecule has 0 unspecified atom stereocenters. The van der Waals surface area contributed by atoms with Gasteiger partial charge in [-0.15, -0.1) is 0 Å². The summed E-state index contributed by atoms with van der Waals surface area (Å²) in [6, 6.07) is 0. The Bertz CT molecular complexity index is 361. The van der Waals surface area contributed by atoms with E-state index in [1.807, 2.05) is 27.7 Å². The Balaban J connectivity index is 2.95.